The van der Waals surface area contributed by atoms with Crippen molar-refractivity contribution in [3.63, 3.8) is 0 Å². The predicted octanol–water partition coefficient (Wildman–Crippen LogP) is 1.29. The van der Waals surface area contributed by atoms with Gasteiger partial charge >= 0.3 is 0 Å². The highest BCUT2D eigenvalue weighted by Crippen LogP contribution is 2.34. The standard InChI is InChI=1S/C10H21N3O/c1-10(2)5-3-8(4-6-10)12-7-9(11)13-14/h8,12,14H,3-7H2,1-2H3,(H2,11,13). The molecule has 14 heavy (non-hydrogen) atoms. The van der Waals surface area contributed by atoms with Crippen LogP contribution in [0.4, 0.5) is 0 Å². The molecule has 1 rings (SSSR count). The van der Waals surface area contributed by atoms with Crippen LogP contribution >= 0.6 is 0 Å². The molecule has 4 heteroatoms. The first-order valence-corrected chi connectivity index (χ1v) is 5.23. The van der Waals surface area contributed by atoms with E-state index in [1.54, 1.807) is 0 Å². The maximum absolute atomic E-state index is 8.37. The summed E-state index contributed by atoms with van der Waals surface area (Å²) in [5.41, 5.74) is 5.88. The van der Waals surface area contributed by atoms with Crippen molar-refractivity contribution in [2.24, 2.45) is 16.3 Å². The van der Waals surface area contributed by atoms with Crippen molar-refractivity contribution in [2.75, 3.05) is 6.54 Å². The SMILES string of the molecule is CC1(C)CCC(NCC(N)=NO)CC1. The topological polar surface area (TPSA) is 70.6 Å². The van der Waals surface area contributed by atoms with Crippen molar-refractivity contribution >= 4 is 5.84 Å². The first-order valence-electron chi connectivity index (χ1n) is 5.23. The zero-order valence-electron chi connectivity index (χ0n) is 9.08. The molecular formula is C10H21N3O. The van der Waals surface area contributed by atoms with E-state index in [0.717, 1.165) is 0 Å². The maximum atomic E-state index is 8.37. The highest BCUT2D eigenvalue weighted by atomic mass is 16.4. The van der Waals surface area contributed by atoms with Gasteiger partial charge in [0, 0.05) is 6.04 Å². The van der Waals surface area contributed by atoms with Crippen molar-refractivity contribution in [3.8, 4) is 0 Å². The number of hydrogen-bond donors (Lipinski definition) is 3. The Balaban J connectivity index is 2.23. The molecule has 82 valence electrons. The van der Waals surface area contributed by atoms with Crippen molar-refractivity contribution < 1.29 is 5.21 Å². The predicted molar refractivity (Wildman–Crippen MR) is 57.4 cm³/mol. The van der Waals surface area contributed by atoms with Gasteiger partial charge in [0.25, 0.3) is 0 Å². The molecule has 0 atom stereocenters. The number of hydrogen-bond acceptors (Lipinski definition) is 3. The minimum atomic E-state index is 0.259. The van der Waals surface area contributed by atoms with Gasteiger partial charge in [0.05, 0.1) is 6.54 Å². The second-order valence-electron chi connectivity index (χ2n) is 4.91. The quantitative estimate of drug-likeness (QED) is 0.277. The second kappa shape index (κ2) is 4.64. The van der Waals surface area contributed by atoms with E-state index in [1.807, 2.05) is 0 Å². The molecule has 0 bridgehead atoms. The van der Waals surface area contributed by atoms with Crippen LogP contribution in [0.5, 0.6) is 0 Å². The van der Waals surface area contributed by atoms with Gasteiger partial charge in [-0.05, 0) is 31.1 Å². The van der Waals surface area contributed by atoms with Crippen molar-refractivity contribution in [1.82, 2.24) is 5.32 Å². The van der Waals surface area contributed by atoms with Crippen LogP contribution in [0.25, 0.3) is 0 Å². The summed E-state index contributed by atoms with van der Waals surface area (Å²) < 4.78 is 0. The summed E-state index contributed by atoms with van der Waals surface area (Å²) in [5.74, 6) is 0.259. The molecule has 0 unspecified atom stereocenters. The van der Waals surface area contributed by atoms with Crippen LogP contribution in [0.15, 0.2) is 5.16 Å². The Morgan fingerprint density at radius 1 is 1.50 bits per heavy atom. The Bertz CT molecular complexity index is 203. The summed E-state index contributed by atoms with van der Waals surface area (Å²) in [7, 11) is 0. The van der Waals surface area contributed by atoms with E-state index in [1.165, 1.54) is 25.7 Å². The van der Waals surface area contributed by atoms with Crippen LogP contribution in [0.3, 0.4) is 0 Å². The van der Waals surface area contributed by atoms with Gasteiger partial charge in [-0.1, -0.05) is 19.0 Å². The second-order valence-corrected chi connectivity index (χ2v) is 4.91. The number of rotatable bonds is 3. The maximum Gasteiger partial charge on any atom is 0.153 e. The number of nitrogens with one attached hydrogen (secondary N) is 1. The number of nitrogens with zero attached hydrogens (tertiary/aromatic N) is 1. The molecule has 1 fully saturated rings. The summed E-state index contributed by atoms with van der Waals surface area (Å²) >= 11 is 0. The van der Waals surface area contributed by atoms with E-state index in [0.29, 0.717) is 18.0 Å². The van der Waals surface area contributed by atoms with E-state index in [9.17, 15) is 0 Å². The van der Waals surface area contributed by atoms with Crippen LogP contribution in [-0.4, -0.2) is 23.6 Å². The van der Waals surface area contributed by atoms with E-state index in [-0.39, 0.29) is 5.84 Å². The monoisotopic (exact) mass is 199 g/mol. The first-order chi connectivity index (χ1) is 6.53. The van der Waals surface area contributed by atoms with Crippen LogP contribution in [0.2, 0.25) is 0 Å². The fourth-order valence-electron chi connectivity index (χ4n) is 1.89. The Labute approximate surface area is 85.6 Å². The van der Waals surface area contributed by atoms with Crippen LogP contribution < -0.4 is 11.1 Å². The lowest BCUT2D eigenvalue weighted by Crippen LogP contribution is -2.40. The molecule has 0 aromatic rings. The van der Waals surface area contributed by atoms with Gasteiger partial charge in [0.1, 0.15) is 0 Å². The molecule has 0 radical (unpaired) electrons. The number of amidine groups is 1. The Hall–Kier alpha value is -0.770. The van der Waals surface area contributed by atoms with Crippen LogP contribution in [0.1, 0.15) is 39.5 Å². The summed E-state index contributed by atoms with van der Waals surface area (Å²) in [6, 6.07) is 0.531. The molecule has 0 aliphatic heterocycles. The van der Waals surface area contributed by atoms with Crippen LogP contribution in [0, 0.1) is 5.41 Å². The molecule has 0 saturated heterocycles. The summed E-state index contributed by atoms with van der Waals surface area (Å²) in [4.78, 5) is 0. The van der Waals surface area contributed by atoms with Gasteiger partial charge in [-0.25, -0.2) is 0 Å². The average molecular weight is 199 g/mol. The highest BCUT2D eigenvalue weighted by molar-refractivity contribution is 5.81. The molecule has 1 aliphatic carbocycles. The van der Waals surface area contributed by atoms with Crippen molar-refractivity contribution in [2.45, 2.75) is 45.6 Å². The minimum absolute atomic E-state index is 0.259. The zero-order valence-corrected chi connectivity index (χ0v) is 9.08. The van der Waals surface area contributed by atoms with Gasteiger partial charge in [-0.2, -0.15) is 0 Å². The van der Waals surface area contributed by atoms with Crippen molar-refractivity contribution in [1.29, 1.82) is 0 Å². The third kappa shape index (κ3) is 3.54. The Morgan fingerprint density at radius 3 is 2.57 bits per heavy atom. The number of oxime groups is 1. The fourth-order valence-corrected chi connectivity index (χ4v) is 1.89. The molecule has 0 aromatic carbocycles. The summed E-state index contributed by atoms with van der Waals surface area (Å²) in [6.45, 7) is 5.11. The lowest BCUT2D eigenvalue weighted by atomic mass is 9.75. The summed E-state index contributed by atoms with van der Waals surface area (Å²) in [6.07, 6.45) is 4.87. The molecule has 0 aromatic heterocycles. The third-order valence-corrected chi connectivity index (χ3v) is 3.04. The van der Waals surface area contributed by atoms with E-state index in [4.69, 9.17) is 10.9 Å². The van der Waals surface area contributed by atoms with E-state index in [2.05, 4.69) is 24.3 Å². The average Bonchev–Trinajstić information content (AvgIpc) is 2.16. The minimum Gasteiger partial charge on any atom is -0.409 e. The lowest BCUT2D eigenvalue weighted by Gasteiger charge is -2.34. The smallest absolute Gasteiger partial charge is 0.153 e. The van der Waals surface area contributed by atoms with Gasteiger partial charge in [-0.15, -0.1) is 0 Å². The highest BCUT2D eigenvalue weighted by Gasteiger charge is 2.26. The molecule has 1 saturated carbocycles. The lowest BCUT2D eigenvalue weighted by molar-refractivity contribution is 0.209. The van der Waals surface area contributed by atoms with Gasteiger partial charge in [0.15, 0.2) is 5.84 Å². The van der Waals surface area contributed by atoms with Crippen molar-refractivity contribution in [3.05, 3.63) is 0 Å². The Kier molecular flexibility index (Phi) is 3.75. The molecular weight excluding hydrogens is 178 g/mol. The van der Waals surface area contributed by atoms with Gasteiger partial charge in [-0.3, -0.25) is 0 Å². The normalized spacial score (nSPS) is 23.7. The largest absolute Gasteiger partial charge is 0.409 e. The molecule has 0 spiro atoms. The molecule has 4 N–H and O–H groups in total. The Morgan fingerprint density at radius 2 is 2.07 bits per heavy atom. The molecule has 4 nitrogen and oxygen atoms in total. The van der Waals surface area contributed by atoms with Crippen LogP contribution in [-0.2, 0) is 0 Å². The fraction of sp³-hybridized carbons (Fsp3) is 0.900. The van der Waals surface area contributed by atoms with Gasteiger partial charge in [0.2, 0.25) is 0 Å². The zero-order chi connectivity index (χ0) is 10.6. The molecule has 0 amide bonds. The van der Waals surface area contributed by atoms with Gasteiger partial charge < -0.3 is 16.3 Å². The number of nitrogens with two attached hydrogens (primary N) is 1. The van der Waals surface area contributed by atoms with E-state index >= 15 is 0 Å². The first kappa shape index (κ1) is 11.3. The van der Waals surface area contributed by atoms with E-state index < -0.39 is 0 Å². The molecule has 0 heterocycles. The summed E-state index contributed by atoms with van der Waals surface area (Å²) in [5, 5.41) is 14.6. The molecule has 1 aliphatic rings. The third-order valence-electron chi connectivity index (χ3n) is 3.04.